The minimum atomic E-state index is -0.549. The molecule has 176 valence electrons. The Kier molecular flexibility index (Phi) is 5.98. The summed E-state index contributed by atoms with van der Waals surface area (Å²) in [6.07, 6.45) is 8.14. The fraction of sp³-hybridized carbons (Fsp3) is 0.923. The van der Waals surface area contributed by atoms with E-state index in [-0.39, 0.29) is 17.4 Å². The van der Waals surface area contributed by atoms with Crippen LogP contribution in [-0.4, -0.2) is 30.4 Å². The van der Waals surface area contributed by atoms with Crippen LogP contribution < -0.4 is 0 Å². The Balaban J connectivity index is 1.41. The second-order valence-electron chi connectivity index (χ2n) is 11.9. The monoisotopic (exact) mass is 434 g/mol. The van der Waals surface area contributed by atoms with Crippen molar-refractivity contribution in [2.75, 3.05) is 6.61 Å². The highest BCUT2D eigenvalue weighted by Gasteiger charge is 2.69. The molecule has 0 aromatic carbocycles. The number of hydrogen-bond donors (Lipinski definition) is 0. The summed E-state index contributed by atoms with van der Waals surface area (Å²) < 4.78 is 17.3. The summed E-state index contributed by atoms with van der Waals surface area (Å²) >= 11 is 0. The molecule has 1 spiro atoms. The number of hydrogen-bond acceptors (Lipinski definition) is 5. The highest BCUT2D eigenvalue weighted by Crippen LogP contribution is 2.73. The van der Waals surface area contributed by atoms with Crippen LogP contribution in [0.5, 0.6) is 0 Å². The van der Waals surface area contributed by atoms with Gasteiger partial charge in [0, 0.05) is 12.3 Å². The number of rotatable bonds is 5. The molecule has 1 aliphatic heterocycles. The van der Waals surface area contributed by atoms with E-state index in [1.807, 2.05) is 0 Å². The van der Waals surface area contributed by atoms with Crippen LogP contribution in [0.25, 0.3) is 0 Å². The lowest BCUT2D eigenvalue weighted by Gasteiger charge is -2.47. The molecule has 3 saturated carbocycles. The molecule has 5 nitrogen and oxygen atoms in total. The molecule has 4 rings (SSSR count). The van der Waals surface area contributed by atoms with Crippen LogP contribution in [0.3, 0.4) is 0 Å². The largest absolute Gasteiger partial charge is 0.459 e. The quantitative estimate of drug-likeness (QED) is 0.535. The minimum Gasteiger partial charge on any atom is -0.459 e. The molecule has 1 saturated heterocycles. The van der Waals surface area contributed by atoms with Crippen molar-refractivity contribution in [1.82, 2.24) is 0 Å². The zero-order valence-electron chi connectivity index (χ0n) is 20.4. The predicted octanol–water partition coefficient (Wildman–Crippen LogP) is 5.50. The fourth-order valence-electron chi connectivity index (χ4n) is 7.75. The number of carbonyl (C=O) groups excluding carboxylic acids is 2. The van der Waals surface area contributed by atoms with E-state index in [0.717, 1.165) is 43.9 Å². The molecule has 0 amide bonds. The molecular formula is C26H42O5. The van der Waals surface area contributed by atoms with Gasteiger partial charge in [-0.25, -0.2) is 0 Å². The maximum absolute atomic E-state index is 13.2. The average molecular weight is 435 g/mol. The number of ether oxygens (including phenoxy) is 3. The van der Waals surface area contributed by atoms with Gasteiger partial charge >= 0.3 is 11.9 Å². The molecule has 8 atom stereocenters. The Labute approximate surface area is 188 Å². The van der Waals surface area contributed by atoms with E-state index in [0.29, 0.717) is 17.9 Å². The van der Waals surface area contributed by atoms with Crippen LogP contribution in [0, 0.1) is 40.4 Å². The molecule has 0 N–H and O–H groups in total. The minimum absolute atomic E-state index is 0.169. The van der Waals surface area contributed by atoms with Crippen LogP contribution in [0.15, 0.2) is 0 Å². The first-order valence-corrected chi connectivity index (χ1v) is 12.6. The third kappa shape index (κ3) is 3.73. The Morgan fingerprint density at radius 1 is 0.935 bits per heavy atom. The van der Waals surface area contributed by atoms with Gasteiger partial charge in [-0.1, -0.05) is 34.6 Å². The molecule has 3 aliphatic carbocycles. The first-order chi connectivity index (χ1) is 14.5. The number of carbonyl (C=O) groups is 2. The Hall–Kier alpha value is -1.10. The van der Waals surface area contributed by atoms with E-state index in [9.17, 15) is 9.59 Å². The highest BCUT2D eigenvalue weighted by atomic mass is 16.7. The summed E-state index contributed by atoms with van der Waals surface area (Å²) in [5, 5.41) is 0. The lowest BCUT2D eigenvalue weighted by Crippen LogP contribution is -2.48. The van der Waals surface area contributed by atoms with Crippen molar-refractivity contribution < 1.29 is 23.8 Å². The second kappa shape index (κ2) is 8.04. The lowest BCUT2D eigenvalue weighted by atomic mass is 9.64. The van der Waals surface area contributed by atoms with Crippen molar-refractivity contribution in [3.63, 3.8) is 0 Å². The van der Waals surface area contributed by atoms with E-state index < -0.39 is 23.7 Å². The molecule has 0 aromatic rings. The third-order valence-electron chi connectivity index (χ3n) is 9.98. The Morgan fingerprint density at radius 2 is 1.65 bits per heavy atom. The Bertz CT molecular complexity index is 711. The van der Waals surface area contributed by atoms with E-state index in [2.05, 4.69) is 27.7 Å². The molecule has 0 aromatic heterocycles. The summed E-state index contributed by atoms with van der Waals surface area (Å²) in [5.74, 6) is 0.136. The summed E-state index contributed by atoms with van der Waals surface area (Å²) in [7, 11) is 0. The van der Waals surface area contributed by atoms with Crippen molar-refractivity contribution in [1.29, 1.82) is 0 Å². The van der Waals surface area contributed by atoms with Crippen LogP contribution in [0.2, 0.25) is 0 Å². The SMILES string of the molecule is CC(C(=O)OC1CCCCO1)C(C)C(=O)OC1(C)CCC23CC1C(C)(C)C2CCC3C. The van der Waals surface area contributed by atoms with E-state index >= 15 is 0 Å². The van der Waals surface area contributed by atoms with Gasteiger partial charge in [0.15, 0.2) is 0 Å². The second-order valence-corrected chi connectivity index (χ2v) is 11.9. The smallest absolute Gasteiger partial charge is 0.311 e. The van der Waals surface area contributed by atoms with Crippen molar-refractivity contribution >= 4 is 11.9 Å². The van der Waals surface area contributed by atoms with E-state index in [4.69, 9.17) is 14.2 Å². The molecule has 2 bridgehead atoms. The van der Waals surface area contributed by atoms with Gasteiger partial charge in [0.2, 0.25) is 6.29 Å². The normalized spacial score (nSPS) is 43.0. The predicted molar refractivity (Wildman–Crippen MR) is 118 cm³/mol. The number of esters is 2. The fourth-order valence-corrected chi connectivity index (χ4v) is 7.75. The maximum atomic E-state index is 13.2. The van der Waals surface area contributed by atoms with Gasteiger partial charge in [0.1, 0.15) is 5.60 Å². The topological polar surface area (TPSA) is 61.8 Å². The van der Waals surface area contributed by atoms with Crippen molar-refractivity contribution in [2.24, 2.45) is 40.4 Å². The van der Waals surface area contributed by atoms with Gasteiger partial charge in [0.05, 0.1) is 18.4 Å². The zero-order chi connectivity index (χ0) is 22.6. The van der Waals surface area contributed by atoms with Gasteiger partial charge in [-0.15, -0.1) is 0 Å². The summed E-state index contributed by atoms with van der Waals surface area (Å²) in [4.78, 5) is 25.8. The van der Waals surface area contributed by atoms with Gasteiger partial charge in [-0.05, 0) is 74.5 Å². The number of fused-ring (bicyclic) bond motifs is 1. The summed E-state index contributed by atoms with van der Waals surface area (Å²) in [6.45, 7) is 13.5. The first kappa shape index (κ1) is 23.1. The first-order valence-electron chi connectivity index (χ1n) is 12.6. The van der Waals surface area contributed by atoms with Crippen LogP contribution in [0.4, 0.5) is 0 Å². The molecule has 0 radical (unpaired) electrons. The van der Waals surface area contributed by atoms with Crippen LogP contribution >= 0.6 is 0 Å². The van der Waals surface area contributed by atoms with Gasteiger partial charge < -0.3 is 14.2 Å². The van der Waals surface area contributed by atoms with Gasteiger partial charge in [-0.2, -0.15) is 0 Å². The molecule has 8 unspecified atom stereocenters. The van der Waals surface area contributed by atoms with Crippen molar-refractivity contribution in [3.8, 4) is 0 Å². The summed E-state index contributed by atoms with van der Waals surface area (Å²) in [5.41, 5.74) is 0.144. The molecular weight excluding hydrogens is 392 g/mol. The average Bonchev–Trinajstić information content (AvgIpc) is 3.16. The van der Waals surface area contributed by atoms with Crippen LogP contribution in [-0.2, 0) is 23.8 Å². The third-order valence-corrected chi connectivity index (χ3v) is 9.98. The van der Waals surface area contributed by atoms with Gasteiger partial charge in [-0.3, -0.25) is 9.59 Å². The van der Waals surface area contributed by atoms with Gasteiger partial charge in [0.25, 0.3) is 0 Å². The molecule has 31 heavy (non-hydrogen) atoms. The molecule has 4 aliphatic rings. The zero-order valence-corrected chi connectivity index (χ0v) is 20.4. The maximum Gasteiger partial charge on any atom is 0.311 e. The van der Waals surface area contributed by atoms with Crippen LogP contribution in [0.1, 0.15) is 92.9 Å². The van der Waals surface area contributed by atoms with Crippen molar-refractivity contribution in [3.05, 3.63) is 0 Å². The van der Waals surface area contributed by atoms with Crippen molar-refractivity contribution in [2.45, 2.75) is 105 Å². The molecule has 4 fully saturated rings. The lowest BCUT2D eigenvalue weighted by molar-refractivity contribution is -0.197. The summed E-state index contributed by atoms with van der Waals surface area (Å²) in [6, 6.07) is 0. The van der Waals surface area contributed by atoms with E-state index in [1.165, 1.54) is 19.3 Å². The molecule has 5 heteroatoms. The molecule has 1 heterocycles. The highest BCUT2D eigenvalue weighted by molar-refractivity contribution is 5.81. The van der Waals surface area contributed by atoms with E-state index in [1.54, 1.807) is 13.8 Å². The standard InChI is InChI=1S/C26H42O5/c1-16-10-11-19-24(4,5)20-15-26(16,19)13-12-25(20,6)31-23(28)18(3)17(2)22(27)30-21-9-7-8-14-29-21/h16-21H,7-15H2,1-6H3. The Morgan fingerprint density at radius 3 is 2.32 bits per heavy atom.